The molecule has 2 aromatic rings. The van der Waals surface area contributed by atoms with E-state index in [0.717, 1.165) is 5.56 Å². The number of benzene rings is 2. The molecule has 0 unspecified atom stereocenters. The average Bonchev–Trinajstić information content (AvgIpc) is 2.47. The van der Waals surface area contributed by atoms with Crippen molar-refractivity contribution < 1.29 is 13.9 Å². The number of para-hydroxylation sites is 1. The van der Waals surface area contributed by atoms with Gasteiger partial charge in [-0.3, -0.25) is 0 Å². The SMILES string of the molecule is COC(=O)c1ccc(CN(C)c2ccccc2F)cc1. The Balaban J connectivity index is 2.10. The van der Waals surface area contributed by atoms with Crippen molar-refractivity contribution in [2.75, 3.05) is 19.1 Å². The third-order valence-electron chi connectivity index (χ3n) is 3.06. The molecule has 104 valence electrons. The maximum Gasteiger partial charge on any atom is 0.337 e. The van der Waals surface area contributed by atoms with Gasteiger partial charge in [-0.15, -0.1) is 0 Å². The summed E-state index contributed by atoms with van der Waals surface area (Å²) < 4.78 is 18.3. The molecule has 0 spiro atoms. The van der Waals surface area contributed by atoms with Crippen molar-refractivity contribution in [3.63, 3.8) is 0 Å². The summed E-state index contributed by atoms with van der Waals surface area (Å²) >= 11 is 0. The summed E-state index contributed by atoms with van der Waals surface area (Å²) in [5.41, 5.74) is 2.04. The summed E-state index contributed by atoms with van der Waals surface area (Å²) in [7, 11) is 3.18. The molecule has 0 N–H and O–H groups in total. The zero-order valence-corrected chi connectivity index (χ0v) is 11.5. The van der Waals surface area contributed by atoms with Crippen LogP contribution in [-0.4, -0.2) is 20.1 Å². The van der Waals surface area contributed by atoms with Crippen LogP contribution in [-0.2, 0) is 11.3 Å². The molecule has 0 aliphatic heterocycles. The summed E-state index contributed by atoms with van der Waals surface area (Å²) in [6.07, 6.45) is 0. The van der Waals surface area contributed by atoms with Crippen molar-refractivity contribution in [1.29, 1.82) is 0 Å². The van der Waals surface area contributed by atoms with E-state index in [1.807, 2.05) is 24.1 Å². The van der Waals surface area contributed by atoms with Crippen molar-refractivity contribution in [3.8, 4) is 0 Å². The standard InChI is InChI=1S/C16H16FNO2/c1-18(15-6-4-3-5-14(15)17)11-12-7-9-13(10-8-12)16(19)20-2/h3-10H,11H2,1-2H3. The highest BCUT2D eigenvalue weighted by atomic mass is 19.1. The van der Waals surface area contributed by atoms with Crippen LogP contribution in [0.5, 0.6) is 0 Å². The van der Waals surface area contributed by atoms with Crippen LogP contribution in [0.15, 0.2) is 48.5 Å². The molecule has 0 aromatic heterocycles. The van der Waals surface area contributed by atoms with Gasteiger partial charge < -0.3 is 9.64 Å². The van der Waals surface area contributed by atoms with Gasteiger partial charge >= 0.3 is 5.97 Å². The van der Waals surface area contributed by atoms with Crippen LogP contribution < -0.4 is 4.90 Å². The first kappa shape index (κ1) is 14.1. The number of carbonyl (C=O) groups excluding carboxylic acids is 1. The Hall–Kier alpha value is -2.36. The molecule has 3 nitrogen and oxygen atoms in total. The molecule has 0 aliphatic carbocycles. The fraction of sp³-hybridized carbons (Fsp3) is 0.188. The quantitative estimate of drug-likeness (QED) is 0.801. The topological polar surface area (TPSA) is 29.5 Å². The molecule has 0 fully saturated rings. The lowest BCUT2D eigenvalue weighted by Gasteiger charge is -2.20. The minimum absolute atomic E-state index is 0.249. The van der Waals surface area contributed by atoms with Crippen molar-refractivity contribution in [2.45, 2.75) is 6.54 Å². The first-order valence-electron chi connectivity index (χ1n) is 6.24. The van der Waals surface area contributed by atoms with Crippen molar-refractivity contribution in [3.05, 3.63) is 65.5 Å². The molecule has 0 aliphatic rings. The first-order valence-corrected chi connectivity index (χ1v) is 6.24. The van der Waals surface area contributed by atoms with Gasteiger partial charge in [-0.2, -0.15) is 0 Å². The predicted molar refractivity (Wildman–Crippen MR) is 76.3 cm³/mol. The Labute approximate surface area is 117 Å². The number of hydrogen-bond acceptors (Lipinski definition) is 3. The molecule has 2 aromatic carbocycles. The maximum atomic E-state index is 13.7. The number of anilines is 1. The van der Waals surface area contributed by atoms with Crippen molar-refractivity contribution >= 4 is 11.7 Å². The third-order valence-corrected chi connectivity index (χ3v) is 3.06. The smallest absolute Gasteiger partial charge is 0.337 e. The first-order chi connectivity index (χ1) is 9.61. The molecule has 20 heavy (non-hydrogen) atoms. The Kier molecular flexibility index (Phi) is 4.35. The van der Waals surface area contributed by atoms with Crippen LogP contribution in [0, 0.1) is 5.82 Å². The lowest BCUT2D eigenvalue weighted by atomic mass is 10.1. The van der Waals surface area contributed by atoms with Gasteiger partial charge in [-0.05, 0) is 29.8 Å². The Morgan fingerprint density at radius 1 is 1.15 bits per heavy atom. The fourth-order valence-electron chi connectivity index (χ4n) is 1.98. The van der Waals surface area contributed by atoms with E-state index >= 15 is 0 Å². The monoisotopic (exact) mass is 273 g/mol. The van der Waals surface area contributed by atoms with Crippen LogP contribution in [0.2, 0.25) is 0 Å². The minimum atomic E-state index is -0.362. The van der Waals surface area contributed by atoms with Crippen molar-refractivity contribution in [2.24, 2.45) is 0 Å². The summed E-state index contributed by atoms with van der Waals surface area (Å²) in [6.45, 7) is 0.558. The van der Waals surface area contributed by atoms with E-state index in [2.05, 4.69) is 4.74 Å². The molecular formula is C16H16FNO2. The number of hydrogen-bond donors (Lipinski definition) is 0. The van der Waals surface area contributed by atoms with Gasteiger partial charge in [0.05, 0.1) is 18.4 Å². The normalized spacial score (nSPS) is 10.2. The predicted octanol–water partition coefficient (Wildman–Crippen LogP) is 3.25. The number of esters is 1. The molecule has 0 atom stereocenters. The molecule has 0 heterocycles. The van der Waals surface area contributed by atoms with Gasteiger partial charge in [0.1, 0.15) is 5.82 Å². The van der Waals surface area contributed by atoms with Gasteiger partial charge in [-0.25, -0.2) is 9.18 Å². The summed E-state index contributed by atoms with van der Waals surface area (Å²) in [6, 6.07) is 13.7. The van der Waals surface area contributed by atoms with Crippen LogP contribution in [0.3, 0.4) is 0 Å². The second-order valence-corrected chi connectivity index (χ2v) is 4.50. The van der Waals surface area contributed by atoms with Crippen LogP contribution in [0.25, 0.3) is 0 Å². The lowest BCUT2D eigenvalue weighted by molar-refractivity contribution is 0.0600. The van der Waals surface area contributed by atoms with Crippen LogP contribution >= 0.6 is 0 Å². The zero-order valence-electron chi connectivity index (χ0n) is 11.5. The highest BCUT2D eigenvalue weighted by molar-refractivity contribution is 5.89. The summed E-state index contributed by atoms with van der Waals surface area (Å²) in [4.78, 5) is 13.2. The molecule has 0 saturated carbocycles. The third kappa shape index (κ3) is 3.15. The van der Waals surface area contributed by atoms with E-state index in [1.165, 1.54) is 13.2 Å². The summed E-state index contributed by atoms with van der Waals surface area (Å²) in [5.74, 6) is -0.611. The zero-order chi connectivity index (χ0) is 14.5. The number of methoxy groups -OCH3 is 1. The van der Waals surface area contributed by atoms with Gasteiger partial charge in [0.25, 0.3) is 0 Å². The highest BCUT2D eigenvalue weighted by Gasteiger charge is 2.08. The number of carbonyl (C=O) groups is 1. The number of rotatable bonds is 4. The summed E-state index contributed by atoms with van der Waals surface area (Å²) in [5, 5.41) is 0. The van der Waals surface area contributed by atoms with Crippen LogP contribution in [0.4, 0.5) is 10.1 Å². The van der Waals surface area contributed by atoms with E-state index in [-0.39, 0.29) is 11.8 Å². The molecule has 0 bridgehead atoms. The number of ether oxygens (including phenoxy) is 1. The Morgan fingerprint density at radius 3 is 2.40 bits per heavy atom. The highest BCUT2D eigenvalue weighted by Crippen LogP contribution is 2.19. The van der Waals surface area contributed by atoms with Crippen LogP contribution in [0.1, 0.15) is 15.9 Å². The Morgan fingerprint density at radius 2 is 1.80 bits per heavy atom. The fourth-order valence-corrected chi connectivity index (χ4v) is 1.98. The van der Waals surface area contributed by atoms with Gasteiger partial charge in [0.2, 0.25) is 0 Å². The average molecular weight is 273 g/mol. The molecule has 0 amide bonds. The maximum absolute atomic E-state index is 13.7. The second kappa shape index (κ2) is 6.19. The van der Waals surface area contributed by atoms with Gasteiger partial charge in [-0.1, -0.05) is 24.3 Å². The second-order valence-electron chi connectivity index (χ2n) is 4.50. The van der Waals surface area contributed by atoms with E-state index in [0.29, 0.717) is 17.8 Å². The Bertz CT molecular complexity index is 596. The molecule has 0 saturated heterocycles. The van der Waals surface area contributed by atoms with Gasteiger partial charge in [0.15, 0.2) is 0 Å². The van der Waals surface area contributed by atoms with E-state index in [4.69, 9.17) is 0 Å². The molecular weight excluding hydrogens is 257 g/mol. The minimum Gasteiger partial charge on any atom is -0.465 e. The lowest BCUT2D eigenvalue weighted by Crippen LogP contribution is -2.17. The molecule has 2 rings (SSSR count). The molecule has 4 heteroatoms. The van der Waals surface area contributed by atoms with Crippen molar-refractivity contribution in [1.82, 2.24) is 0 Å². The van der Waals surface area contributed by atoms with E-state index in [1.54, 1.807) is 30.3 Å². The van der Waals surface area contributed by atoms with E-state index in [9.17, 15) is 9.18 Å². The van der Waals surface area contributed by atoms with Gasteiger partial charge in [0, 0.05) is 13.6 Å². The largest absolute Gasteiger partial charge is 0.465 e. The van der Waals surface area contributed by atoms with E-state index < -0.39 is 0 Å². The number of nitrogens with zero attached hydrogens (tertiary/aromatic N) is 1. The molecule has 0 radical (unpaired) electrons. The number of halogens is 1.